The number of halogens is 3. The third-order valence-corrected chi connectivity index (χ3v) is 4.88. The zero-order valence-corrected chi connectivity index (χ0v) is 19.3. The van der Waals surface area contributed by atoms with E-state index in [-0.39, 0.29) is 18.5 Å². The van der Waals surface area contributed by atoms with E-state index in [2.05, 4.69) is 15.8 Å². The first kappa shape index (κ1) is 26.3. The molecule has 2 amide bonds. The highest BCUT2D eigenvalue weighted by atomic mass is 19.4. The molecule has 0 aliphatic carbocycles. The van der Waals surface area contributed by atoms with Gasteiger partial charge in [0.2, 0.25) is 11.8 Å². The van der Waals surface area contributed by atoms with Crippen LogP contribution in [0.4, 0.5) is 18.9 Å². The SMILES string of the molecule is COc1cc(C=NNC(=O)CCC(=O)Nc2cccc(C(F)(F)F)c2)ccc1OCc1ccccc1. The van der Waals surface area contributed by atoms with Gasteiger partial charge in [-0.1, -0.05) is 36.4 Å². The molecule has 0 saturated heterocycles. The van der Waals surface area contributed by atoms with Gasteiger partial charge in [-0.15, -0.1) is 0 Å². The maximum atomic E-state index is 12.8. The molecule has 0 unspecified atom stereocenters. The number of hydrogen-bond donors (Lipinski definition) is 2. The predicted molar refractivity (Wildman–Crippen MR) is 129 cm³/mol. The van der Waals surface area contributed by atoms with Crippen molar-refractivity contribution >= 4 is 23.7 Å². The molecule has 188 valence electrons. The van der Waals surface area contributed by atoms with Crippen molar-refractivity contribution in [1.82, 2.24) is 5.43 Å². The van der Waals surface area contributed by atoms with E-state index < -0.39 is 23.6 Å². The smallest absolute Gasteiger partial charge is 0.416 e. The van der Waals surface area contributed by atoms with Crippen molar-refractivity contribution in [3.63, 3.8) is 0 Å². The molecule has 0 aliphatic rings. The molecule has 10 heteroatoms. The Kier molecular flexibility index (Phi) is 9.04. The monoisotopic (exact) mass is 499 g/mol. The fourth-order valence-corrected chi connectivity index (χ4v) is 3.08. The summed E-state index contributed by atoms with van der Waals surface area (Å²) in [4.78, 5) is 24.0. The molecule has 0 saturated carbocycles. The van der Waals surface area contributed by atoms with Crippen LogP contribution in [0, 0.1) is 0 Å². The summed E-state index contributed by atoms with van der Waals surface area (Å²) in [6.07, 6.45) is -3.53. The van der Waals surface area contributed by atoms with E-state index in [0.29, 0.717) is 23.7 Å². The molecule has 3 aromatic carbocycles. The van der Waals surface area contributed by atoms with Crippen molar-refractivity contribution < 1.29 is 32.2 Å². The van der Waals surface area contributed by atoms with Gasteiger partial charge in [0.15, 0.2) is 11.5 Å². The summed E-state index contributed by atoms with van der Waals surface area (Å²) >= 11 is 0. The van der Waals surface area contributed by atoms with Crippen LogP contribution in [-0.2, 0) is 22.4 Å². The summed E-state index contributed by atoms with van der Waals surface area (Å²) in [7, 11) is 1.51. The number of benzene rings is 3. The average molecular weight is 499 g/mol. The van der Waals surface area contributed by atoms with E-state index in [0.717, 1.165) is 17.7 Å². The van der Waals surface area contributed by atoms with Gasteiger partial charge in [-0.3, -0.25) is 9.59 Å². The van der Waals surface area contributed by atoms with E-state index in [4.69, 9.17) is 9.47 Å². The van der Waals surface area contributed by atoms with E-state index in [1.807, 2.05) is 30.3 Å². The molecule has 36 heavy (non-hydrogen) atoms. The Morgan fingerprint density at radius 3 is 2.39 bits per heavy atom. The molecule has 0 heterocycles. The number of anilines is 1. The van der Waals surface area contributed by atoms with Crippen LogP contribution in [0.25, 0.3) is 0 Å². The van der Waals surface area contributed by atoms with Crippen LogP contribution in [0.1, 0.15) is 29.5 Å². The minimum absolute atomic E-state index is 0.00148. The molecule has 0 bridgehead atoms. The zero-order chi connectivity index (χ0) is 26.0. The molecule has 0 aliphatic heterocycles. The van der Waals surface area contributed by atoms with Crippen molar-refractivity contribution in [1.29, 1.82) is 0 Å². The fraction of sp³-hybridized carbons (Fsp3) is 0.192. The largest absolute Gasteiger partial charge is 0.493 e. The van der Waals surface area contributed by atoms with E-state index in [1.54, 1.807) is 18.2 Å². The summed E-state index contributed by atoms with van der Waals surface area (Å²) in [5.41, 5.74) is 3.08. The van der Waals surface area contributed by atoms with Crippen molar-refractivity contribution in [2.45, 2.75) is 25.6 Å². The van der Waals surface area contributed by atoms with E-state index >= 15 is 0 Å². The number of hydrogen-bond acceptors (Lipinski definition) is 5. The normalized spacial score (nSPS) is 11.2. The molecule has 0 atom stereocenters. The number of ether oxygens (including phenoxy) is 2. The van der Waals surface area contributed by atoms with Crippen molar-refractivity contribution in [3.8, 4) is 11.5 Å². The Bertz CT molecular complexity index is 1210. The highest BCUT2D eigenvalue weighted by molar-refractivity contribution is 5.93. The quantitative estimate of drug-likeness (QED) is 0.298. The lowest BCUT2D eigenvalue weighted by Crippen LogP contribution is -2.20. The molecule has 3 rings (SSSR count). The van der Waals surface area contributed by atoms with Gasteiger partial charge in [0, 0.05) is 18.5 Å². The number of alkyl halides is 3. The van der Waals surface area contributed by atoms with Crippen LogP contribution >= 0.6 is 0 Å². The second kappa shape index (κ2) is 12.4. The molecule has 3 aromatic rings. The second-order valence-corrected chi connectivity index (χ2v) is 7.60. The Morgan fingerprint density at radius 1 is 0.917 bits per heavy atom. The number of nitrogens with zero attached hydrogens (tertiary/aromatic N) is 1. The number of nitrogens with one attached hydrogen (secondary N) is 2. The topological polar surface area (TPSA) is 89.0 Å². The Hall–Kier alpha value is -4.34. The first-order valence-corrected chi connectivity index (χ1v) is 10.9. The lowest BCUT2D eigenvalue weighted by Gasteiger charge is -2.11. The van der Waals surface area contributed by atoms with Crippen LogP contribution < -0.4 is 20.2 Å². The lowest BCUT2D eigenvalue weighted by atomic mass is 10.2. The molecule has 0 spiro atoms. The summed E-state index contributed by atoms with van der Waals surface area (Å²) in [6, 6.07) is 19.1. The van der Waals surface area contributed by atoms with Crippen molar-refractivity contribution in [3.05, 3.63) is 89.5 Å². The number of amides is 2. The molecular formula is C26H24F3N3O4. The van der Waals surface area contributed by atoms with Gasteiger partial charge in [-0.25, -0.2) is 5.43 Å². The fourth-order valence-electron chi connectivity index (χ4n) is 3.08. The van der Waals surface area contributed by atoms with E-state index in [1.165, 1.54) is 25.5 Å². The van der Waals surface area contributed by atoms with E-state index in [9.17, 15) is 22.8 Å². The molecular weight excluding hydrogens is 475 g/mol. The molecule has 7 nitrogen and oxygen atoms in total. The number of carbonyl (C=O) groups is 2. The third-order valence-electron chi connectivity index (χ3n) is 4.88. The number of hydrazone groups is 1. The first-order chi connectivity index (χ1) is 17.2. The second-order valence-electron chi connectivity index (χ2n) is 7.60. The van der Waals surface area contributed by atoms with Crippen molar-refractivity contribution in [2.24, 2.45) is 5.10 Å². The minimum Gasteiger partial charge on any atom is -0.493 e. The van der Waals surface area contributed by atoms with Crippen LogP contribution in [-0.4, -0.2) is 25.1 Å². The average Bonchev–Trinajstić information content (AvgIpc) is 2.87. The molecule has 2 N–H and O–H groups in total. The van der Waals surface area contributed by atoms with Crippen LogP contribution in [0.15, 0.2) is 77.9 Å². The van der Waals surface area contributed by atoms with Gasteiger partial charge >= 0.3 is 6.18 Å². The van der Waals surface area contributed by atoms with Crippen LogP contribution in [0.2, 0.25) is 0 Å². The predicted octanol–water partition coefficient (Wildman–Crippen LogP) is 5.16. The highest BCUT2D eigenvalue weighted by Gasteiger charge is 2.30. The van der Waals surface area contributed by atoms with Crippen molar-refractivity contribution in [2.75, 3.05) is 12.4 Å². The summed E-state index contributed by atoms with van der Waals surface area (Å²) in [5, 5.41) is 6.21. The van der Waals surface area contributed by atoms with Gasteiger partial charge < -0.3 is 14.8 Å². The summed E-state index contributed by atoms with van der Waals surface area (Å²) in [6.45, 7) is 0.377. The van der Waals surface area contributed by atoms with Gasteiger partial charge in [0.25, 0.3) is 0 Å². The molecule has 0 radical (unpaired) electrons. The highest BCUT2D eigenvalue weighted by Crippen LogP contribution is 2.31. The molecule has 0 fully saturated rings. The third kappa shape index (κ3) is 8.15. The minimum atomic E-state index is -4.52. The van der Waals surface area contributed by atoms with Gasteiger partial charge in [-0.2, -0.15) is 18.3 Å². The van der Waals surface area contributed by atoms with Crippen LogP contribution in [0.5, 0.6) is 11.5 Å². The maximum Gasteiger partial charge on any atom is 0.416 e. The zero-order valence-electron chi connectivity index (χ0n) is 19.3. The Balaban J connectivity index is 1.46. The van der Waals surface area contributed by atoms with Gasteiger partial charge in [0.1, 0.15) is 6.61 Å². The Morgan fingerprint density at radius 2 is 1.67 bits per heavy atom. The Labute approximate surface area is 205 Å². The lowest BCUT2D eigenvalue weighted by molar-refractivity contribution is -0.137. The number of methoxy groups -OCH3 is 1. The maximum absolute atomic E-state index is 12.8. The number of rotatable bonds is 10. The number of carbonyl (C=O) groups excluding carboxylic acids is 2. The summed E-state index contributed by atoms with van der Waals surface area (Å²) < 4.78 is 49.5. The van der Waals surface area contributed by atoms with Crippen LogP contribution in [0.3, 0.4) is 0 Å². The van der Waals surface area contributed by atoms with Gasteiger partial charge in [0.05, 0.1) is 18.9 Å². The van der Waals surface area contributed by atoms with Gasteiger partial charge in [-0.05, 0) is 47.5 Å². The molecule has 0 aromatic heterocycles. The standard InChI is InChI=1S/C26H24F3N3O4/c1-35-23-14-19(10-11-22(23)36-17-18-6-3-2-4-7-18)16-30-32-25(34)13-12-24(33)31-21-9-5-8-20(15-21)26(27,28)29/h2-11,14-16H,12-13,17H2,1H3,(H,31,33)(H,32,34). The summed E-state index contributed by atoms with van der Waals surface area (Å²) in [5.74, 6) is -0.0775. The first-order valence-electron chi connectivity index (χ1n) is 10.9.